The van der Waals surface area contributed by atoms with Gasteiger partial charge in [0.15, 0.2) is 0 Å². The number of aliphatic hydroxyl groups excluding tert-OH is 2. The lowest BCUT2D eigenvalue weighted by atomic mass is 9.67. The standard InChI is InChI=1S/C15H22N2O3/c1-8-10-9(6-13(2,7-18)12(10)19)11(17-16)14(3,20)15(8)4-5-15/h6,12,18-20H,4-5,7,16H2,1-3H3/b17-11+/t12-,13+,14+/m1/s1. The van der Waals surface area contributed by atoms with Crippen LogP contribution in [0.1, 0.15) is 33.6 Å². The highest BCUT2D eigenvalue weighted by Crippen LogP contribution is 2.65. The maximum Gasteiger partial charge on any atom is 0.115 e. The molecule has 3 aliphatic carbocycles. The van der Waals surface area contributed by atoms with E-state index in [9.17, 15) is 15.3 Å². The minimum Gasteiger partial charge on any atom is -0.395 e. The van der Waals surface area contributed by atoms with Crippen molar-refractivity contribution < 1.29 is 15.3 Å². The van der Waals surface area contributed by atoms with Crippen LogP contribution in [0, 0.1) is 10.8 Å². The highest BCUT2D eigenvalue weighted by molar-refractivity contribution is 6.12. The molecule has 0 aromatic carbocycles. The maximum atomic E-state index is 10.9. The van der Waals surface area contributed by atoms with Crippen molar-refractivity contribution in [3.8, 4) is 0 Å². The normalized spacial score (nSPS) is 44.0. The second-order valence-electron chi connectivity index (χ2n) is 6.80. The number of rotatable bonds is 1. The summed E-state index contributed by atoms with van der Waals surface area (Å²) in [6, 6.07) is 0. The Kier molecular flexibility index (Phi) is 2.57. The Hall–Kier alpha value is -1.17. The number of aliphatic hydroxyl groups is 3. The summed E-state index contributed by atoms with van der Waals surface area (Å²) in [5.41, 5.74) is 0.670. The Bertz CT molecular complexity index is 570. The fourth-order valence-electron chi connectivity index (χ4n) is 3.99. The Balaban J connectivity index is 2.29. The molecule has 0 radical (unpaired) electrons. The van der Waals surface area contributed by atoms with Crippen molar-refractivity contribution >= 4 is 5.71 Å². The van der Waals surface area contributed by atoms with Gasteiger partial charge in [0, 0.05) is 16.4 Å². The van der Waals surface area contributed by atoms with Gasteiger partial charge in [-0.1, -0.05) is 18.6 Å². The summed E-state index contributed by atoms with van der Waals surface area (Å²) in [6.45, 7) is 5.34. The van der Waals surface area contributed by atoms with Crippen LogP contribution in [0.5, 0.6) is 0 Å². The molecule has 20 heavy (non-hydrogen) atoms. The number of hydrogen-bond acceptors (Lipinski definition) is 5. The van der Waals surface area contributed by atoms with E-state index >= 15 is 0 Å². The summed E-state index contributed by atoms with van der Waals surface area (Å²) in [7, 11) is 0. The van der Waals surface area contributed by atoms with Gasteiger partial charge in [-0.05, 0) is 32.3 Å². The number of nitrogens with zero attached hydrogens (tertiary/aromatic N) is 1. The lowest BCUT2D eigenvalue weighted by molar-refractivity contribution is 0.0513. The fraction of sp³-hybridized carbons (Fsp3) is 0.667. The van der Waals surface area contributed by atoms with E-state index in [1.54, 1.807) is 19.9 Å². The minimum atomic E-state index is -1.12. The van der Waals surface area contributed by atoms with Gasteiger partial charge in [-0.2, -0.15) is 5.10 Å². The predicted molar refractivity (Wildman–Crippen MR) is 75.9 cm³/mol. The van der Waals surface area contributed by atoms with Crippen LogP contribution >= 0.6 is 0 Å². The van der Waals surface area contributed by atoms with Crippen molar-refractivity contribution in [1.29, 1.82) is 0 Å². The van der Waals surface area contributed by atoms with Crippen molar-refractivity contribution in [3.05, 3.63) is 22.8 Å². The molecule has 0 unspecified atom stereocenters. The Morgan fingerprint density at radius 1 is 1.40 bits per heavy atom. The molecule has 0 saturated heterocycles. The van der Waals surface area contributed by atoms with E-state index in [4.69, 9.17) is 5.84 Å². The van der Waals surface area contributed by atoms with Crippen LogP contribution in [0.15, 0.2) is 27.9 Å². The predicted octanol–water partition coefficient (Wildman–Crippen LogP) is 0.462. The zero-order chi connectivity index (χ0) is 14.9. The molecule has 1 saturated carbocycles. The molecule has 0 heterocycles. The summed E-state index contributed by atoms with van der Waals surface area (Å²) in [4.78, 5) is 0. The Labute approximate surface area is 118 Å². The summed E-state index contributed by atoms with van der Waals surface area (Å²) in [5.74, 6) is 5.53. The van der Waals surface area contributed by atoms with Crippen molar-refractivity contribution in [1.82, 2.24) is 0 Å². The minimum absolute atomic E-state index is 0.165. The molecule has 3 rings (SSSR count). The molecule has 1 spiro atoms. The summed E-state index contributed by atoms with van der Waals surface area (Å²) in [6.07, 6.45) is 2.74. The highest BCUT2D eigenvalue weighted by Gasteiger charge is 2.65. The molecule has 5 N–H and O–H groups in total. The molecule has 1 fully saturated rings. The molecule has 0 aromatic heterocycles. The van der Waals surface area contributed by atoms with E-state index in [1.165, 1.54) is 0 Å². The Morgan fingerprint density at radius 2 is 2.00 bits per heavy atom. The van der Waals surface area contributed by atoms with Gasteiger partial charge >= 0.3 is 0 Å². The van der Waals surface area contributed by atoms with Crippen LogP contribution in [0.25, 0.3) is 0 Å². The maximum absolute atomic E-state index is 10.9. The molecule has 0 aliphatic heterocycles. The molecule has 3 atom stereocenters. The van der Waals surface area contributed by atoms with E-state index in [0.29, 0.717) is 11.3 Å². The van der Waals surface area contributed by atoms with Crippen LogP contribution in [0.4, 0.5) is 0 Å². The third kappa shape index (κ3) is 1.31. The topological polar surface area (TPSA) is 99.1 Å². The smallest absolute Gasteiger partial charge is 0.115 e. The number of hydrazone groups is 1. The van der Waals surface area contributed by atoms with Gasteiger partial charge in [-0.15, -0.1) is 0 Å². The van der Waals surface area contributed by atoms with E-state index in [-0.39, 0.29) is 12.0 Å². The summed E-state index contributed by atoms with van der Waals surface area (Å²) >= 11 is 0. The number of nitrogens with two attached hydrogens (primary N) is 1. The van der Waals surface area contributed by atoms with Crippen LogP contribution in [0.2, 0.25) is 0 Å². The number of hydrogen-bond donors (Lipinski definition) is 4. The summed E-state index contributed by atoms with van der Waals surface area (Å²) in [5, 5.41) is 35.0. The van der Waals surface area contributed by atoms with Gasteiger partial charge in [0.05, 0.1) is 18.4 Å². The average molecular weight is 278 g/mol. The number of fused-ring (bicyclic) bond motifs is 1. The largest absolute Gasteiger partial charge is 0.395 e. The molecule has 0 bridgehead atoms. The van der Waals surface area contributed by atoms with Gasteiger partial charge in [-0.25, -0.2) is 0 Å². The molecule has 110 valence electrons. The van der Waals surface area contributed by atoms with Crippen LogP contribution in [0.3, 0.4) is 0 Å². The molecule has 5 heteroatoms. The van der Waals surface area contributed by atoms with Crippen LogP contribution in [-0.4, -0.2) is 39.3 Å². The quantitative estimate of drug-likeness (QED) is 0.413. The Morgan fingerprint density at radius 3 is 2.45 bits per heavy atom. The molecular weight excluding hydrogens is 256 g/mol. The molecule has 3 aliphatic rings. The van der Waals surface area contributed by atoms with Crippen LogP contribution < -0.4 is 5.84 Å². The van der Waals surface area contributed by atoms with Crippen molar-refractivity contribution in [2.75, 3.05) is 6.61 Å². The van der Waals surface area contributed by atoms with Gasteiger partial charge < -0.3 is 21.2 Å². The van der Waals surface area contributed by atoms with E-state index < -0.39 is 17.1 Å². The first-order chi connectivity index (χ1) is 9.25. The van der Waals surface area contributed by atoms with Crippen LogP contribution in [-0.2, 0) is 0 Å². The monoisotopic (exact) mass is 278 g/mol. The SMILES string of the molecule is CC1=C2C(=C[C@@](C)(CO)[C@@H]2O)/C(=N\N)[C@](C)(O)C12CC2. The summed E-state index contributed by atoms with van der Waals surface area (Å²) < 4.78 is 0. The van der Waals surface area contributed by atoms with Gasteiger partial charge in [0.2, 0.25) is 0 Å². The fourth-order valence-corrected chi connectivity index (χ4v) is 3.99. The van der Waals surface area contributed by atoms with Gasteiger partial charge in [0.25, 0.3) is 0 Å². The molecule has 5 nitrogen and oxygen atoms in total. The third-order valence-electron chi connectivity index (χ3n) is 5.65. The first-order valence-corrected chi connectivity index (χ1v) is 7.00. The molecule has 0 aromatic rings. The molecule has 0 amide bonds. The van der Waals surface area contributed by atoms with E-state index in [0.717, 1.165) is 24.0 Å². The molecular formula is C15H22N2O3. The van der Waals surface area contributed by atoms with E-state index in [1.807, 2.05) is 6.92 Å². The highest BCUT2D eigenvalue weighted by atomic mass is 16.3. The lowest BCUT2D eigenvalue weighted by Gasteiger charge is -2.41. The van der Waals surface area contributed by atoms with E-state index in [2.05, 4.69) is 5.10 Å². The zero-order valence-electron chi connectivity index (χ0n) is 12.1. The second-order valence-corrected chi connectivity index (χ2v) is 6.80. The first-order valence-electron chi connectivity index (χ1n) is 7.00. The van der Waals surface area contributed by atoms with Gasteiger partial charge in [-0.3, -0.25) is 0 Å². The first kappa shape index (κ1) is 13.8. The van der Waals surface area contributed by atoms with Crippen molar-refractivity contribution in [2.45, 2.75) is 45.3 Å². The second kappa shape index (κ2) is 3.72. The average Bonchev–Trinajstić information content (AvgIpc) is 3.15. The van der Waals surface area contributed by atoms with Crippen molar-refractivity contribution in [2.24, 2.45) is 21.8 Å². The van der Waals surface area contributed by atoms with Crippen molar-refractivity contribution in [3.63, 3.8) is 0 Å². The third-order valence-corrected chi connectivity index (χ3v) is 5.65. The zero-order valence-corrected chi connectivity index (χ0v) is 12.1. The lowest BCUT2D eigenvalue weighted by Crippen LogP contribution is -2.50. The van der Waals surface area contributed by atoms with Gasteiger partial charge in [0.1, 0.15) is 5.60 Å².